The number of hydrogen-bond acceptors (Lipinski definition) is 7. The van der Waals surface area contributed by atoms with Crippen LogP contribution in [0.25, 0.3) is 16.6 Å². The second kappa shape index (κ2) is 8.41. The van der Waals surface area contributed by atoms with Gasteiger partial charge in [0.15, 0.2) is 0 Å². The largest absolute Gasteiger partial charge is 0.387 e. The Morgan fingerprint density at radius 1 is 1.23 bits per heavy atom. The van der Waals surface area contributed by atoms with Crippen molar-refractivity contribution in [2.75, 3.05) is 26.3 Å². The molecule has 1 aromatic heterocycles. The lowest BCUT2D eigenvalue weighted by Gasteiger charge is -2.32. The van der Waals surface area contributed by atoms with Gasteiger partial charge in [0.2, 0.25) is 0 Å². The van der Waals surface area contributed by atoms with Crippen LogP contribution >= 0.6 is 0 Å². The molecule has 0 bridgehead atoms. The zero-order chi connectivity index (χ0) is 20.5. The van der Waals surface area contributed by atoms with Crippen molar-refractivity contribution in [1.82, 2.24) is 20.2 Å². The number of nitrogens with two attached hydrogens (primary N) is 1. The van der Waals surface area contributed by atoms with Crippen LogP contribution in [0.15, 0.2) is 30.6 Å². The van der Waals surface area contributed by atoms with Crippen molar-refractivity contribution in [3.05, 3.63) is 41.9 Å². The summed E-state index contributed by atoms with van der Waals surface area (Å²) in [6.07, 6.45) is 7.93. The van der Waals surface area contributed by atoms with Crippen LogP contribution in [-0.2, 0) is 11.3 Å². The quantitative estimate of drug-likeness (QED) is 0.610. The van der Waals surface area contributed by atoms with Gasteiger partial charge in [0.05, 0.1) is 36.1 Å². The summed E-state index contributed by atoms with van der Waals surface area (Å²) in [5.41, 5.74) is 11.2. The van der Waals surface area contributed by atoms with Crippen LogP contribution in [-0.4, -0.2) is 59.0 Å². The van der Waals surface area contributed by atoms with Crippen LogP contribution < -0.4 is 11.1 Å². The average molecular weight is 407 g/mol. The molecule has 0 unspecified atom stereocenters. The van der Waals surface area contributed by atoms with Crippen molar-refractivity contribution in [2.45, 2.75) is 44.3 Å². The van der Waals surface area contributed by atoms with Gasteiger partial charge in [-0.1, -0.05) is 6.07 Å². The SMILES string of the molecule is N=C(/C(=C\NC1CC(N)C1)c1cnc2ccc(CN3CCOCC3)cc2n1)C1CC1. The van der Waals surface area contributed by atoms with Gasteiger partial charge in [0.1, 0.15) is 0 Å². The molecule has 4 N–H and O–H groups in total. The van der Waals surface area contributed by atoms with Crippen molar-refractivity contribution >= 4 is 22.3 Å². The number of nitrogens with one attached hydrogen (secondary N) is 2. The minimum Gasteiger partial charge on any atom is -0.387 e. The lowest BCUT2D eigenvalue weighted by atomic mass is 9.87. The lowest BCUT2D eigenvalue weighted by molar-refractivity contribution is 0.0342. The second-order valence-electron chi connectivity index (χ2n) is 8.81. The molecule has 0 amide bonds. The molecule has 7 nitrogen and oxygen atoms in total. The van der Waals surface area contributed by atoms with Gasteiger partial charge in [-0.15, -0.1) is 0 Å². The van der Waals surface area contributed by atoms with Crippen LogP contribution in [0.1, 0.15) is 36.9 Å². The predicted molar refractivity (Wildman–Crippen MR) is 118 cm³/mol. The molecular weight excluding hydrogens is 376 g/mol. The van der Waals surface area contributed by atoms with Crippen LogP contribution in [0.2, 0.25) is 0 Å². The van der Waals surface area contributed by atoms with E-state index in [0.717, 1.165) is 80.8 Å². The Hall–Kier alpha value is -2.35. The molecule has 1 aromatic carbocycles. The second-order valence-corrected chi connectivity index (χ2v) is 8.81. The summed E-state index contributed by atoms with van der Waals surface area (Å²) in [5.74, 6) is 0.354. The number of morpholine rings is 1. The maximum absolute atomic E-state index is 8.66. The molecule has 7 heteroatoms. The smallest absolute Gasteiger partial charge is 0.0925 e. The summed E-state index contributed by atoms with van der Waals surface area (Å²) in [6, 6.07) is 7.02. The summed E-state index contributed by atoms with van der Waals surface area (Å²) in [7, 11) is 0. The highest BCUT2D eigenvalue weighted by atomic mass is 16.5. The van der Waals surface area contributed by atoms with E-state index in [1.165, 1.54) is 5.56 Å². The zero-order valence-corrected chi connectivity index (χ0v) is 17.3. The van der Waals surface area contributed by atoms with E-state index in [-0.39, 0.29) is 0 Å². The first-order chi connectivity index (χ1) is 14.7. The predicted octanol–water partition coefficient (Wildman–Crippen LogP) is 2.31. The van der Waals surface area contributed by atoms with Gasteiger partial charge in [-0.05, 0) is 43.4 Å². The van der Waals surface area contributed by atoms with Gasteiger partial charge in [-0.2, -0.15) is 0 Å². The third-order valence-electron chi connectivity index (χ3n) is 6.31. The number of ether oxygens (including phenoxy) is 1. The van der Waals surface area contributed by atoms with Crippen molar-refractivity contribution in [1.29, 1.82) is 5.41 Å². The van der Waals surface area contributed by atoms with E-state index in [1.807, 2.05) is 12.3 Å². The van der Waals surface area contributed by atoms with Crippen molar-refractivity contribution in [3.8, 4) is 0 Å². The molecule has 3 aliphatic rings. The Kier molecular flexibility index (Phi) is 5.50. The molecule has 1 aliphatic heterocycles. The normalized spacial score (nSPS) is 25.2. The number of fused-ring (bicyclic) bond motifs is 1. The maximum Gasteiger partial charge on any atom is 0.0925 e. The molecule has 5 rings (SSSR count). The van der Waals surface area contributed by atoms with E-state index in [1.54, 1.807) is 6.20 Å². The average Bonchev–Trinajstić information content (AvgIpc) is 3.58. The molecule has 2 aromatic rings. The molecule has 0 atom stereocenters. The molecule has 2 heterocycles. The van der Waals surface area contributed by atoms with Crippen LogP contribution in [0.4, 0.5) is 0 Å². The third-order valence-corrected chi connectivity index (χ3v) is 6.31. The summed E-state index contributed by atoms with van der Waals surface area (Å²) in [4.78, 5) is 12.0. The standard InChI is InChI=1S/C23H30N6O/c24-17-10-18(11-17)26-12-19(23(25)16-2-3-16)22-13-27-20-4-1-15(9-21(20)28-22)14-29-5-7-30-8-6-29/h1,4,9,12-13,16-18,25-26H,2-3,5-8,10-11,14,24H2/b19-12-,25-23?. The molecule has 2 saturated carbocycles. The minimum absolute atomic E-state index is 0.299. The van der Waals surface area contributed by atoms with Crippen molar-refractivity contribution in [2.24, 2.45) is 11.7 Å². The molecule has 158 valence electrons. The highest BCUT2D eigenvalue weighted by Gasteiger charge is 2.31. The van der Waals surface area contributed by atoms with E-state index in [4.69, 9.17) is 20.9 Å². The molecule has 30 heavy (non-hydrogen) atoms. The first-order valence-electron chi connectivity index (χ1n) is 11.0. The Balaban J connectivity index is 1.40. The van der Waals surface area contributed by atoms with Gasteiger partial charge in [0.25, 0.3) is 0 Å². The van der Waals surface area contributed by atoms with Crippen molar-refractivity contribution < 1.29 is 4.74 Å². The summed E-state index contributed by atoms with van der Waals surface area (Å²) >= 11 is 0. The van der Waals surface area contributed by atoms with Gasteiger partial charge in [0, 0.05) is 55.1 Å². The van der Waals surface area contributed by atoms with Gasteiger partial charge in [-0.25, -0.2) is 4.98 Å². The van der Waals surface area contributed by atoms with Crippen LogP contribution in [0, 0.1) is 11.3 Å². The lowest BCUT2D eigenvalue weighted by Crippen LogP contribution is -2.46. The van der Waals surface area contributed by atoms with E-state index < -0.39 is 0 Å². The number of rotatable bonds is 7. The van der Waals surface area contributed by atoms with E-state index in [2.05, 4.69) is 27.3 Å². The first kappa shape index (κ1) is 19.6. The van der Waals surface area contributed by atoms with Crippen LogP contribution in [0.5, 0.6) is 0 Å². The van der Waals surface area contributed by atoms with Gasteiger partial charge < -0.3 is 21.2 Å². The molecule has 3 fully saturated rings. The van der Waals surface area contributed by atoms with E-state index >= 15 is 0 Å². The molecular formula is C23H30N6O. The third kappa shape index (κ3) is 4.38. The van der Waals surface area contributed by atoms with E-state index in [0.29, 0.717) is 23.7 Å². The monoisotopic (exact) mass is 406 g/mol. The fourth-order valence-corrected chi connectivity index (χ4v) is 4.18. The van der Waals surface area contributed by atoms with E-state index in [9.17, 15) is 0 Å². The number of nitrogens with zero attached hydrogens (tertiary/aromatic N) is 3. The summed E-state index contributed by atoms with van der Waals surface area (Å²) < 4.78 is 5.45. The van der Waals surface area contributed by atoms with Gasteiger partial charge in [-0.3, -0.25) is 9.88 Å². The highest BCUT2D eigenvalue weighted by Crippen LogP contribution is 2.35. The molecule has 1 saturated heterocycles. The fourth-order valence-electron chi connectivity index (χ4n) is 4.18. The van der Waals surface area contributed by atoms with Crippen LogP contribution in [0.3, 0.4) is 0 Å². The Morgan fingerprint density at radius 3 is 2.77 bits per heavy atom. The topological polar surface area (TPSA) is 100 Å². The number of hydrogen-bond donors (Lipinski definition) is 3. The molecule has 0 radical (unpaired) electrons. The Morgan fingerprint density at radius 2 is 2.03 bits per heavy atom. The highest BCUT2D eigenvalue weighted by molar-refractivity contribution is 6.23. The van der Waals surface area contributed by atoms with Gasteiger partial charge >= 0.3 is 0 Å². The minimum atomic E-state index is 0.299. The maximum atomic E-state index is 8.66. The first-order valence-corrected chi connectivity index (χ1v) is 11.0. The number of benzene rings is 1. The summed E-state index contributed by atoms with van der Waals surface area (Å²) in [6.45, 7) is 4.42. The summed E-state index contributed by atoms with van der Waals surface area (Å²) in [5, 5.41) is 12.1. The fraction of sp³-hybridized carbons (Fsp3) is 0.522. The Bertz CT molecular complexity index is 957. The Labute approximate surface area is 177 Å². The number of allylic oxidation sites excluding steroid dienone is 1. The van der Waals surface area contributed by atoms with Crippen molar-refractivity contribution in [3.63, 3.8) is 0 Å². The molecule has 2 aliphatic carbocycles. The molecule has 0 spiro atoms. The zero-order valence-electron chi connectivity index (χ0n) is 17.3. The number of aromatic nitrogens is 2.